The van der Waals surface area contributed by atoms with Gasteiger partial charge in [-0.2, -0.15) is 0 Å². The fourth-order valence-corrected chi connectivity index (χ4v) is 2.46. The molecule has 104 valence electrons. The highest BCUT2D eigenvalue weighted by Crippen LogP contribution is 2.19. The minimum atomic E-state index is -0.0549. The maximum atomic E-state index is 12.2. The van der Waals surface area contributed by atoms with Crippen LogP contribution >= 0.6 is 0 Å². The molecule has 0 aromatic heterocycles. The zero-order valence-corrected chi connectivity index (χ0v) is 11.8. The van der Waals surface area contributed by atoms with Gasteiger partial charge in [0.2, 0.25) is 5.91 Å². The minimum absolute atomic E-state index is 0.00741. The number of methoxy groups -OCH3 is 1. The largest absolute Gasteiger partial charge is 0.497 e. The van der Waals surface area contributed by atoms with Crippen molar-refractivity contribution in [1.82, 2.24) is 10.6 Å². The number of ether oxygens (including phenoxy) is 1. The summed E-state index contributed by atoms with van der Waals surface area (Å²) in [5.41, 5.74) is 1.08. The lowest BCUT2D eigenvalue weighted by atomic mass is 10.0. The van der Waals surface area contributed by atoms with Crippen molar-refractivity contribution in [2.24, 2.45) is 5.92 Å². The van der Waals surface area contributed by atoms with E-state index in [-0.39, 0.29) is 18.0 Å². The van der Waals surface area contributed by atoms with Crippen LogP contribution in [0.3, 0.4) is 0 Å². The predicted molar refractivity (Wildman–Crippen MR) is 75.1 cm³/mol. The first-order chi connectivity index (χ1) is 9.11. The molecule has 4 heteroatoms. The molecule has 19 heavy (non-hydrogen) atoms. The van der Waals surface area contributed by atoms with Gasteiger partial charge in [-0.1, -0.05) is 19.1 Å². The summed E-state index contributed by atoms with van der Waals surface area (Å²) >= 11 is 0. The molecule has 1 aliphatic rings. The molecule has 1 heterocycles. The molecule has 1 saturated heterocycles. The molecular weight excluding hydrogens is 240 g/mol. The fourth-order valence-electron chi connectivity index (χ4n) is 2.46. The normalized spacial score (nSPS) is 23.9. The molecule has 2 rings (SSSR count). The van der Waals surface area contributed by atoms with Crippen molar-refractivity contribution < 1.29 is 9.53 Å². The van der Waals surface area contributed by atoms with Crippen molar-refractivity contribution in [3.05, 3.63) is 29.8 Å². The first-order valence-electron chi connectivity index (χ1n) is 6.79. The van der Waals surface area contributed by atoms with Crippen LogP contribution in [0.2, 0.25) is 0 Å². The molecule has 3 atom stereocenters. The van der Waals surface area contributed by atoms with Crippen molar-refractivity contribution in [1.29, 1.82) is 0 Å². The van der Waals surface area contributed by atoms with Gasteiger partial charge in [0.05, 0.1) is 19.2 Å². The lowest BCUT2D eigenvalue weighted by Gasteiger charge is -2.20. The average Bonchev–Trinajstić information content (AvgIpc) is 2.85. The van der Waals surface area contributed by atoms with Crippen molar-refractivity contribution in [3.63, 3.8) is 0 Å². The van der Waals surface area contributed by atoms with Gasteiger partial charge in [0.1, 0.15) is 5.75 Å². The topological polar surface area (TPSA) is 50.4 Å². The fraction of sp³-hybridized carbons (Fsp3) is 0.533. The second kappa shape index (κ2) is 6.06. The van der Waals surface area contributed by atoms with Gasteiger partial charge in [-0.05, 0) is 43.5 Å². The number of hydrogen-bond donors (Lipinski definition) is 2. The van der Waals surface area contributed by atoms with Crippen molar-refractivity contribution in [2.45, 2.75) is 32.4 Å². The van der Waals surface area contributed by atoms with Gasteiger partial charge in [-0.25, -0.2) is 0 Å². The Labute approximate surface area is 114 Å². The number of rotatable bonds is 4. The molecule has 1 aliphatic heterocycles. The third kappa shape index (κ3) is 3.26. The zero-order valence-electron chi connectivity index (χ0n) is 11.8. The second-order valence-electron chi connectivity index (χ2n) is 5.20. The summed E-state index contributed by atoms with van der Waals surface area (Å²) in [6, 6.07) is 7.74. The van der Waals surface area contributed by atoms with E-state index >= 15 is 0 Å². The molecule has 1 amide bonds. The van der Waals surface area contributed by atoms with Crippen LogP contribution in [0.25, 0.3) is 0 Å². The first-order valence-corrected chi connectivity index (χ1v) is 6.79. The molecule has 2 unspecified atom stereocenters. The molecule has 0 spiro atoms. The summed E-state index contributed by atoms with van der Waals surface area (Å²) in [6.45, 7) is 5.04. The molecule has 1 aromatic carbocycles. The van der Waals surface area contributed by atoms with Crippen LogP contribution in [0, 0.1) is 5.92 Å². The highest BCUT2D eigenvalue weighted by Gasteiger charge is 2.29. The Morgan fingerprint density at radius 1 is 1.42 bits per heavy atom. The van der Waals surface area contributed by atoms with Crippen LogP contribution in [-0.4, -0.2) is 25.6 Å². The Bertz CT molecular complexity index is 430. The van der Waals surface area contributed by atoms with Crippen molar-refractivity contribution in [2.75, 3.05) is 13.7 Å². The van der Waals surface area contributed by atoms with E-state index in [9.17, 15) is 4.79 Å². The summed E-state index contributed by atoms with van der Waals surface area (Å²) in [5, 5.41) is 6.31. The Morgan fingerprint density at radius 2 is 2.11 bits per heavy atom. The Kier molecular flexibility index (Phi) is 4.43. The first kappa shape index (κ1) is 13.9. The van der Waals surface area contributed by atoms with Gasteiger partial charge in [-0.3, -0.25) is 4.79 Å². The van der Waals surface area contributed by atoms with Gasteiger partial charge in [0.15, 0.2) is 0 Å². The molecule has 0 saturated carbocycles. The molecule has 1 aromatic rings. The van der Waals surface area contributed by atoms with Crippen LogP contribution in [0.4, 0.5) is 0 Å². The number of carbonyl (C=O) groups is 1. The number of carbonyl (C=O) groups excluding carboxylic acids is 1. The molecule has 4 nitrogen and oxygen atoms in total. The minimum Gasteiger partial charge on any atom is -0.497 e. The number of benzene rings is 1. The van der Waals surface area contributed by atoms with Crippen LogP contribution in [0.15, 0.2) is 24.3 Å². The molecule has 0 bridgehead atoms. The van der Waals surface area contributed by atoms with E-state index in [4.69, 9.17) is 4.74 Å². The third-order valence-corrected chi connectivity index (χ3v) is 3.79. The maximum Gasteiger partial charge on any atom is 0.237 e. The van der Waals surface area contributed by atoms with Crippen molar-refractivity contribution >= 4 is 5.91 Å². The Hall–Kier alpha value is -1.55. The third-order valence-electron chi connectivity index (χ3n) is 3.79. The van der Waals surface area contributed by atoms with E-state index in [0.29, 0.717) is 5.92 Å². The van der Waals surface area contributed by atoms with Gasteiger partial charge in [-0.15, -0.1) is 0 Å². The molecule has 0 aliphatic carbocycles. The van der Waals surface area contributed by atoms with Crippen LogP contribution in [-0.2, 0) is 4.79 Å². The van der Waals surface area contributed by atoms with Crippen molar-refractivity contribution in [3.8, 4) is 5.75 Å². The lowest BCUT2D eigenvalue weighted by molar-refractivity contribution is -0.124. The summed E-state index contributed by atoms with van der Waals surface area (Å²) in [4.78, 5) is 12.2. The van der Waals surface area contributed by atoms with E-state index in [1.54, 1.807) is 7.11 Å². The van der Waals surface area contributed by atoms with Gasteiger partial charge in [0, 0.05) is 0 Å². The van der Waals surface area contributed by atoms with Crippen LogP contribution < -0.4 is 15.4 Å². The number of amides is 1. The lowest BCUT2D eigenvalue weighted by Crippen LogP contribution is -2.44. The van der Waals surface area contributed by atoms with Crippen LogP contribution in [0.5, 0.6) is 5.75 Å². The summed E-state index contributed by atoms with van der Waals surface area (Å²) in [6.07, 6.45) is 1.06. The highest BCUT2D eigenvalue weighted by atomic mass is 16.5. The predicted octanol–water partition coefficient (Wildman–Crippen LogP) is 1.87. The molecular formula is C15H22N2O2. The van der Waals surface area contributed by atoms with E-state index in [0.717, 1.165) is 24.3 Å². The standard InChI is InChI=1S/C15H22N2O2/c1-10-8-9-16-14(10)15(18)17-11(2)12-4-6-13(19-3)7-5-12/h4-7,10-11,14,16H,8-9H2,1-3H3,(H,17,18)/t10?,11-,14?/m0/s1. The SMILES string of the molecule is COc1ccc([C@H](C)NC(=O)C2NCCC2C)cc1. The van der Waals surface area contributed by atoms with Gasteiger partial charge in [0.25, 0.3) is 0 Å². The Balaban J connectivity index is 1.95. The zero-order chi connectivity index (χ0) is 13.8. The number of hydrogen-bond acceptors (Lipinski definition) is 3. The van der Waals surface area contributed by atoms with E-state index in [1.807, 2.05) is 31.2 Å². The van der Waals surface area contributed by atoms with Gasteiger partial charge < -0.3 is 15.4 Å². The summed E-state index contributed by atoms with van der Waals surface area (Å²) < 4.78 is 5.13. The van der Waals surface area contributed by atoms with E-state index in [2.05, 4.69) is 17.6 Å². The van der Waals surface area contributed by atoms with E-state index in [1.165, 1.54) is 0 Å². The molecule has 0 radical (unpaired) electrons. The van der Waals surface area contributed by atoms with E-state index < -0.39 is 0 Å². The molecule has 1 fully saturated rings. The molecule has 2 N–H and O–H groups in total. The maximum absolute atomic E-state index is 12.2. The quantitative estimate of drug-likeness (QED) is 0.871. The smallest absolute Gasteiger partial charge is 0.237 e. The monoisotopic (exact) mass is 262 g/mol. The number of nitrogens with one attached hydrogen (secondary N) is 2. The van der Waals surface area contributed by atoms with Gasteiger partial charge >= 0.3 is 0 Å². The summed E-state index contributed by atoms with van der Waals surface area (Å²) in [5.74, 6) is 1.32. The Morgan fingerprint density at radius 3 is 2.63 bits per heavy atom. The highest BCUT2D eigenvalue weighted by molar-refractivity contribution is 5.82. The second-order valence-corrected chi connectivity index (χ2v) is 5.20. The average molecular weight is 262 g/mol. The van der Waals surface area contributed by atoms with Crippen LogP contribution in [0.1, 0.15) is 31.9 Å². The summed E-state index contributed by atoms with van der Waals surface area (Å²) in [7, 11) is 1.65.